The number of nitrogens with one attached hydrogen (secondary N) is 1. The number of hydrogen-bond donors (Lipinski definition) is 1. The van der Waals surface area contributed by atoms with Crippen molar-refractivity contribution in [2.45, 2.75) is 12.5 Å². The molecular weight excluding hydrogens is 261 g/mol. The Balaban J connectivity index is 3.05. The van der Waals surface area contributed by atoms with Crippen LogP contribution in [0.5, 0.6) is 0 Å². The van der Waals surface area contributed by atoms with Gasteiger partial charge in [-0.15, -0.1) is 12.3 Å². The largest absolute Gasteiger partial charge is 0.312 e. The van der Waals surface area contributed by atoms with Crippen LogP contribution in [0.25, 0.3) is 0 Å². The van der Waals surface area contributed by atoms with E-state index in [-0.39, 0.29) is 6.04 Å². The van der Waals surface area contributed by atoms with Crippen LogP contribution >= 0.6 is 27.5 Å². The molecule has 14 heavy (non-hydrogen) atoms. The number of halogens is 2. The Bertz CT molecular complexity index is 357. The predicted molar refractivity (Wildman–Crippen MR) is 64.4 cm³/mol. The zero-order chi connectivity index (χ0) is 10.6. The molecule has 1 unspecified atom stereocenters. The van der Waals surface area contributed by atoms with E-state index in [2.05, 4.69) is 27.2 Å². The third-order valence-electron chi connectivity index (χ3n) is 2.03. The van der Waals surface area contributed by atoms with Crippen LogP contribution in [0.2, 0.25) is 5.02 Å². The van der Waals surface area contributed by atoms with Gasteiger partial charge in [-0.05, 0) is 34.6 Å². The highest BCUT2D eigenvalue weighted by Crippen LogP contribution is 2.31. The molecule has 0 spiro atoms. The summed E-state index contributed by atoms with van der Waals surface area (Å²) in [4.78, 5) is 0. The van der Waals surface area contributed by atoms with Gasteiger partial charge >= 0.3 is 0 Å². The molecule has 0 saturated carbocycles. The molecule has 0 fully saturated rings. The van der Waals surface area contributed by atoms with Gasteiger partial charge in [0.2, 0.25) is 0 Å². The van der Waals surface area contributed by atoms with Crippen LogP contribution in [-0.2, 0) is 0 Å². The average Bonchev–Trinajstić information content (AvgIpc) is 2.19. The van der Waals surface area contributed by atoms with Crippen LogP contribution in [0.3, 0.4) is 0 Å². The molecule has 0 radical (unpaired) electrons. The minimum Gasteiger partial charge on any atom is -0.312 e. The average molecular weight is 273 g/mol. The first kappa shape index (κ1) is 11.6. The zero-order valence-corrected chi connectivity index (χ0v) is 10.2. The van der Waals surface area contributed by atoms with Crippen molar-refractivity contribution >= 4 is 27.5 Å². The first-order chi connectivity index (χ1) is 6.70. The van der Waals surface area contributed by atoms with E-state index in [1.165, 1.54) is 0 Å². The van der Waals surface area contributed by atoms with E-state index < -0.39 is 0 Å². The maximum absolute atomic E-state index is 6.15. The van der Waals surface area contributed by atoms with Gasteiger partial charge < -0.3 is 5.32 Å². The van der Waals surface area contributed by atoms with Crippen molar-refractivity contribution in [2.24, 2.45) is 0 Å². The molecule has 1 rings (SSSR count). The first-order valence-electron chi connectivity index (χ1n) is 4.25. The van der Waals surface area contributed by atoms with E-state index in [0.717, 1.165) is 15.1 Å². The Kier molecular flexibility index (Phi) is 4.47. The van der Waals surface area contributed by atoms with Crippen LogP contribution < -0.4 is 5.32 Å². The third-order valence-corrected chi connectivity index (χ3v) is 3.34. The molecule has 0 aliphatic carbocycles. The van der Waals surface area contributed by atoms with Crippen molar-refractivity contribution in [3.63, 3.8) is 0 Å². The maximum atomic E-state index is 6.15. The highest BCUT2D eigenvalue weighted by Gasteiger charge is 2.12. The van der Waals surface area contributed by atoms with Gasteiger partial charge in [-0.2, -0.15) is 0 Å². The van der Waals surface area contributed by atoms with Gasteiger partial charge in [-0.3, -0.25) is 0 Å². The molecule has 1 aromatic rings. The second-order valence-corrected chi connectivity index (χ2v) is 4.12. The van der Waals surface area contributed by atoms with Crippen molar-refractivity contribution in [2.75, 3.05) is 7.05 Å². The van der Waals surface area contributed by atoms with E-state index in [0.29, 0.717) is 6.42 Å². The predicted octanol–water partition coefficient (Wildman–Crippen LogP) is 3.39. The molecule has 1 atom stereocenters. The summed E-state index contributed by atoms with van der Waals surface area (Å²) in [6.07, 6.45) is 5.92. The number of hydrogen-bond acceptors (Lipinski definition) is 1. The van der Waals surface area contributed by atoms with Crippen LogP contribution in [0.4, 0.5) is 0 Å². The van der Waals surface area contributed by atoms with Crippen LogP contribution in [-0.4, -0.2) is 7.05 Å². The van der Waals surface area contributed by atoms with E-state index in [1.807, 2.05) is 25.2 Å². The standard InChI is InChI=1S/C11H11BrClN/c1-3-5-10(14-2)8-6-4-7-9(12)11(8)13/h1,4,6-7,10,14H,5H2,2H3. The van der Waals surface area contributed by atoms with E-state index >= 15 is 0 Å². The quantitative estimate of drug-likeness (QED) is 0.832. The van der Waals surface area contributed by atoms with E-state index in [1.54, 1.807) is 0 Å². The van der Waals surface area contributed by atoms with Crippen molar-refractivity contribution in [1.82, 2.24) is 5.32 Å². The summed E-state index contributed by atoms with van der Waals surface area (Å²) in [6, 6.07) is 5.96. The van der Waals surface area contributed by atoms with Gasteiger partial charge in [-0.25, -0.2) is 0 Å². The van der Waals surface area contributed by atoms with Crippen LogP contribution in [0.15, 0.2) is 22.7 Å². The summed E-state index contributed by atoms with van der Waals surface area (Å²) in [7, 11) is 1.87. The second-order valence-electron chi connectivity index (χ2n) is 2.89. The van der Waals surface area contributed by atoms with Crippen molar-refractivity contribution in [1.29, 1.82) is 0 Å². The topological polar surface area (TPSA) is 12.0 Å². The van der Waals surface area contributed by atoms with Crippen molar-refractivity contribution < 1.29 is 0 Å². The monoisotopic (exact) mass is 271 g/mol. The maximum Gasteiger partial charge on any atom is 0.0596 e. The Hall–Kier alpha value is -0.490. The van der Waals surface area contributed by atoms with Crippen molar-refractivity contribution in [3.05, 3.63) is 33.3 Å². The van der Waals surface area contributed by atoms with Gasteiger partial charge in [-0.1, -0.05) is 23.7 Å². The Morgan fingerprint density at radius 1 is 1.64 bits per heavy atom. The summed E-state index contributed by atoms with van der Waals surface area (Å²) < 4.78 is 0.897. The Morgan fingerprint density at radius 3 is 2.93 bits per heavy atom. The molecule has 1 nitrogen and oxygen atoms in total. The summed E-state index contributed by atoms with van der Waals surface area (Å²) in [6.45, 7) is 0. The molecule has 3 heteroatoms. The molecule has 1 aromatic carbocycles. The Labute approximate surface area is 98.0 Å². The lowest BCUT2D eigenvalue weighted by molar-refractivity contribution is 0.611. The fourth-order valence-corrected chi connectivity index (χ4v) is 1.91. The van der Waals surface area contributed by atoms with E-state index in [4.69, 9.17) is 18.0 Å². The van der Waals surface area contributed by atoms with Crippen molar-refractivity contribution in [3.8, 4) is 12.3 Å². The Morgan fingerprint density at radius 2 is 2.36 bits per heavy atom. The fourth-order valence-electron chi connectivity index (χ4n) is 1.27. The summed E-state index contributed by atoms with van der Waals surface area (Å²) >= 11 is 9.53. The molecule has 0 saturated heterocycles. The summed E-state index contributed by atoms with van der Waals surface area (Å²) in [5, 5.41) is 3.86. The number of terminal acetylenes is 1. The minimum atomic E-state index is 0.116. The molecule has 0 bridgehead atoms. The molecule has 1 N–H and O–H groups in total. The molecule has 0 aliphatic rings. The molecule has 0 aliphatic heterocycles. The highest BCUT2D eigenvalue weighted by molar-refractivity contribution is 9.10. The molecule has 0 heterocycles. The second kappa shape index (κ2) is 5.41. The lowest BCUT2D eigenvalue weighted by Crippen LogP contribution is -2.16. The number of benzene rings is 1. The normalized spacial score (nSPS) is 12.1. The summed E-state index contributed by atoms with van der Waals surface area (Å²) in [5.74, 6) is 2.63. The summed E-state index contributed by atoms with van der Waals surface area (Å²) in [5.41, 5.74) is 1.03. The minimum absolute atomic E-state index is 0.116. The fraction of sp³-hybridized carbons (Fsp3) is 0.273. The third kappa shape index (κ3) is 2.51. The highest BCUT2D eigenvalue weighted by atomic mass is 79.9. The zero-order valence-electron chi connectivity index (χ0n) is 7.85. The van der Waals surface area contributed by atoms with Gasteiger partial charge in [0.1, 0.15) is 0 Å². The molecule has 0 amide bonds. The van der Waals surface area contributed by atoms with Gasteiger partial charge in [0.15, 0.2) is 0 Å². The lowest BCUT2D eigenvalue weighted by Gasteiger charge is -2.15. The van der Waals surface area contributed by atoms with Gasteiger partial charge in [0, 0.05) is 16.9 Å². The first-order valence-corrected chi connectivity index (χ1v) is 5.42. The molecule has 0 aromatic heterocycles. The van der Waals surface area contributed by atoms with Gasteiger partial charge in [0.25, 0.3) is 0 Å². The van der Waals surface area contributed by atoms with E-state index in [9.17, 15) is 0 Å². The lowest BCUT2D eigenvalue weighted by atomic mass is 10.0. The smallest absolute Gasteiger partial charge is 0.0596 e. The van der Waals surface area contributed by atoms with Gasteiger partial charge in [0.05, 0.1) is 5.02 Å². The van der Waals surface area contributed by atoms with Crippen LogP contribution in [0.1, 0.15) is 18.0 Å². The number of rotatable bonds is 3. The molecule has 74 valence electrons. The SMILES string of the molecule is C#CCC(NC)c1cccc(Br)c1Cl. The van der Waals surface area contributed by atoms with Crippen LogP contribution in [0, 0.1) is 12.3 Å². The molecular formula is C11H11BrClN.